The Morgan fingerprint density at radius 3 is 2.10 bits per heavy atom. The van der Waals surface area contributed by atoms with Crippen LogP contribution in [0.3, 0.4) is 0 Å². The van der Waals surface area contributed by atoms with E-state index >= 15 is 0 Å². The van der Waals surface area contributed by atoms with Crippen LogP contribution in [0.5, 0.6) is 17.2 Å². The second kappa shape index (κ2) is 10.0. The standard InChI is InChI=1S/C19H18Cl2N6O4/c1-29-13-7-10(8-14(30-2)16(13)31-3)24-17-22-9-23-18(26-17)27-19(28)25-15-11(20)5-4-6-12(15)21/h4-9H,1-3H3,(H3,22,23,24,25,26,27,28). The smallest absolute Gasteiger partial charge is 0.326 e. The number of hydrogen-bond acceptors (Lipinski definition) is 8. The predicted octanol–water partition coefficient (Wildman–Crippen LogP) is 4.59. The fourth-order valence-corrected chi connectivity index (χ4v) is 3.05. The van der Waals surface area contributed by atoms with Crippen LogP contribution in [0.1, 0.15) is 0 Å². The first-order chi connectivity index (χ1) is 14.9. The number of carbonyl (C=O) groups is 1. The van der Waals surface area contributed by atoms with E-state index in [1.807, 2.05) is 0 Å². The highest BCUT2D eigenvalue weighted by Gasteiger charge is 2.15. The lowest BCUT2D eigenvalue weighted by Gasteiger charge is -2.14. The third-order valence-corrected chi connectivity index (χ3v) is 4.55. The molecule has 0 aliphatic rings. The van der Waals surface area contributed by atoms with Gasteiger partial charge in [-0.1, -0.05) is 29.3 Å². The van der Waals surface area contributed by atoms with E-state index in [1.165, 1.54) is 27.7 Å². The number of para-hydroxylation sites is 1. The molecule has 10 nitrogen and oxygen atoms in total. The maximum Gasteiger partial charge on any atom is 0.326 e. The van der Waals surface area contributed by atoms with Crippen LogP contribution in [-0.2, 0) is 0 Å². The van der Waals surface area contributed by atoms with Gasteiger partial charge in [0.1, 0.15) is 6.33 Å². The first-order valence-electron chi connectivity index (χ1n) is 8.73. The lowest BCUT2D eigenvalue weighted by atomic mass is 10.2. The fourth-order valence-electron chi connectivity index (χ4n) is 2.56. The Hall–Kier alpha value is -3.50. The van der Waals surface area contributed by atoms with Crippen molar-refractivity contribution in [3.8, 4) is 17.2 Å². The van der Waals surface area contributed by atoms with E-state index in [0.717, 1.165) is 0 Å². The number of anilines is 4. The Morgan fingerprint density at radius 2 is 1.52 bits per heavy atom. The number of nitrogens with zero attached hydrogens (tertiary/aromatic N) is 3. The molecular weight excluding hydrogens is 447 g/mol. The zero-order chi connectivity index (χ0) is 22.4. The Morgan fingerprint density at radius 1 is 0.903 bits per heavy atom. The summed E-state index contributed by atoms with van der Waals surface area (Å²) in [6, 6.07) is 7.62. The molecule has 2 amide bonds. The second-order valence-corrected chi connectivity index (χ2v) is 6.66. The van der Waals surface area contributed by atoms with Gasteiger partial charge in [-0.05, 0) is 12.1 Å². The molecular formula is C19H18Cl2N6O4. The average molecular weight is 465 g/mol. The van der Waals surface area contributed by atoms with Crippen molar-refractivity contribution < 1.29 is 19.0 Å². The molecule has 2 aromatic carbocycles. The van der Waals surface area contributed by atoms with Crippen LogP contribution in [0.25, 0.3) is 0 Å². The topological polar surface area (TPSA) is 120 Å². The molecule has 0 fully saturated rings. The highest BCUT2D eigenvalue weighted by atomic mass is 35.5. The highest BCUT2D eigenvalue weighted by molar-refractivity contribution is 6.39. The number of rotatable bonds is 7. The maximum absolute atomic E-state index is 12.3. The van der Waals surface area contributed by atoms with Crippen molar-refractivity contribution in [1.82, 2.24) is 15.0 Å². The van der Waals surface area contributed by atoms with Crippen LogP contribution in [0.4, 0.5) is 28.1 Å². The van der Waals surface area contributed by atoms with Gasteiger partial charge >= 0.3 is 6.03 Å². The summed E-state index contributed by atoms with van der Waals surface area (Å²) >= 11 is 12.1. The third kappa shape index (κ3) is 5.36. The van der Waals surface area contributed by atoms with Crippen LogP contribution in [0.15, 0.2) is 36.7 Å². The van der Waals surface area contributed by atoms with Crippen molar-refractivity contribution >= 4 is 52.5 Å². The van der Waals surface area contributed by atoms with Crippen LogP contribution in [0, 0.1) is 0 Å². The van der Waals surface area contributed by atoms with E-state index in [1.54, 1.807) is 30.3 Å². The zero-order valence-electron chi connectivity index (χ0n) is 16.7. The van der Waals surface area contributed by atoms with Gasteiger partial charge in [0.15, 0.2) is 11.5 Å². The molecule has 0 spiro atoms. The van der Waals surface area contributed by atoms with Gasteiger partial charge in [0.25, 0.3) is 0 Å². The minimum atomic E-state index is -0.625. The van der Waals surface area contributed by atoms with Crippen molar-refractivity contribution in [2.45, 2.75) is 0 Å². The summed E-state index contributed by atoms with van der Waals surface area (Å²) in [7, 11) is 4.53. The number of halogens is 2. The molecule has 0 radical (unpaired) electrons. The van der Waals surface area contributed by atoms with E-state index in [4.69, 9.17) is 37.4 Å². The average Bonchev–Trinajstić information content (AvgIpc) is 2.76. The molecule has 31 heavy (non-hydrogen) atoms. The Balaban J connectivity index is 1.76. The fraction of sp³-hybridized carbons (Fsp3) is 0.158. The number of amides is 2. The molecule has 0 saturated carbocycles. The molecule has 0 unspecified atom stereocenters. The first-order valence-corrected chi connectivity index (χ1v) is 9.48. The Labute approximate surface area is 187 Å². The van der Waals surface area contributed by atoms with Crippen molar-refractivity contribution in [3.05, 3.63) is 46.7 Å². The van der Waals surface area contributed by atoms with Crippen molar-refractivity contribution in [1.29, 1.82) is 0 Å². The summed E-state index contributed by atoms with van der Waals surface area (Å²) in [6.07, 6.45) is 1.24. The number of urea groups is 1. The minimum absolute atomic E-state index is 0.00520. The lowest BCUT2D eigenvalue weighted by molar-refractivity contribution is 0.262. The second-order valence-electron chi connectivity index (χ2n) is 5.85. The molecule has 3 rings (SSSR count). The van der Waals surface area contributed by atoms with Gasteiger partial charge in [-0.15, -0.1) is 0 Å². The van der Waals surface area contributed by atoms with Crippen LogP contribution in [-0.4, -0.2) is 42.3 Å². The Kier molecular flexibility index (Phi) is 7.16. The van der Waals surface area contributed by atoms with Crippen molar-refractivity contribution in [2.75, 3.05) is 37.3 Å². The van der Waals surface area contributed by atoms with E-state index in [9.17, 15) is 4.79 Å². The summed E-state index contributed by atoms with van der Waals surface area (Å²) in [5.41, 5.74) is 0.840. The predicted molar refractivity (Wildman–Crippen MR) is 118 cm³/mol. The maximum atomic E-state index is 12.3. The van der Waals surface area contributed by atoms with E-state index in [0.29, 0.717) is 33.0 Å². The molecule has 0 aliphatic carbocycles. The van der Waals surface area contributed by atoms with Gasteiger partial charge in [-0.3, -0.25) is 5.32 Å². The van der Waals surface area contributed by atoms with Crippen LogP contribution < -0.4 is 30.2 Å². The summed E-state index contributed by atoms with van der Waals surface area (Å²) < 4.78 is 15.9. The number of methoxy groups -OCH3 is 3. The number of aromatic nitrogens is 3. The van der Waals surface area contributed by atoms with Crippen LogP contribution in [0.2, 0.25) is 10.0 Å². The summed E-state index contributed by atoms with van der Waals surface area (Å²) in [6.45, 7) is 0. The summed E-state index contributed by atoms with van der Waals surface area (Å²) in [4.78, 5) is 24.4. The van der Waals surface area contributed by atoms with Gasteiger partial charge < -0.3 is 24.8 Å². The number of nitrogens with one attached hydrogen (secondary N) is 3. The minimum Gasteiger partial charge on any atom is -0.493 e. The summed E-state index contributed by atoms with van der Waals surface area (Å²) in [5, 5.41) is 8.64. The summed E-state index contributed by atoms with van der Waals surface area (Å²) in [5.74, 6) is 1.53. The molecule has 3 aromatic rings. The molecule has 12 heteroatoms. The number of ether oxygens (including phenoxy) is 3. The number of benzene rings is 2. The SMILES string of the molecule is COc1cc(Nc2ncnc(NC(=O)Nc3c(Cl)cccc3Cl)n2)cc(OC)c1OC. The molecule has 0 aliphatic heterocycles. The van der Waals surface area contributed by atoms with Gasteiger partial charge in [-0.25, -0.2) is 14.8 Å². The molecule has 1 aromatic heterocycles. The van der Waals surface area contributed by atoms with Gasteiger partial charge in [-0.2, -0.15) is 4.98 Å². The quantitative estimate of drug-likeness (QED) is 0.464. The lowest BCUT2D eigenvalue weighted by Crippen LogP contribution is -2.21. The molecule has 3 N–H and O–H groups in total. The van der Waals surface area contributed by atoms with E-state index in [2.05, 4.69) is 30.9 Å². The van der Waals surface area contributed by atoms with Crippen LogP contribution >= 0.6 is 23.2 Å². The van der Waals surface area contributed by atoms with E-state index < -0.39 is 6.03 Å². The molecule has 0 saturated heterocycles. The van der Waals surface area contributed by atoms with Gasteiger partial charge in [0.05, 0.1) is 37.1 Å². The molecule has 1 heterocycles. The van der Waals surface area contributed by atoms with Crippen molar-refractivity contribution in [2.24, 2.45) is 0 Å². The number of carbonyl (C=O) groups excluding carboxylic acids is 1. The zero-order valence-corrected chi connectivity index (χ0v) is 18.2. The largest absolute Gasteiger partial charge is 0.493 e. The van der Waals surface area contributed by atoms with Crippen molar-refractivity contribution in [3.63, 3.8) is 0 Å². The first kappa shape index (κ1) is 22.2. The van der Waals surface area contributed by atoms with Gasteiger partial charge in [0, 0.05) is 17.8 Å². The monoisotopic (exact) mass is 464 g/mol. The normalized spacial score (nSPS) is 10.2. The van der Waals surface area contributed by atoms with E-state index in [-0.39, 0.29) is 17.6 Å². The Bertz CT molecular complexity index is 1050. The number of hydrogen-bond donors (Lipinski definition) is 3. The van der Waals surface area contributed by atoms with Gasteiger partial charge in [0.2, 0.25) is 17.6 Å². The molecule has 162 valence electrons. The third-order valence-electron chi connectivity index (χ3n) is 3.92. The highest BCUT2D eigenvalue weighted by Crippen LogP contribution is 2.40. The molecule has 0 atom stereocenters. The molecule has 0 bridgehead atoms.